The van der Waals surface area contributed by atoms with Gasteiger partial charge in [0.05, 0.1) is 0 Å². The summed E-state index contributed by atoms with van der Waals surface area (Å²) in [5, 5.41) is 3.34. The molecule has 0 saturated heterocycles. The molecular weight excluding hydrogens is 186 g/mol. The van der Waals surface area contributed by atoms with Gasteiger partial charge in [0.25, 0.3) is 0 Å². The second kappa shape index (κ2) is 8.08. The smallest absolute Gasteiger partial charge is 0.0218 e. The fourth-order valence-electron chi connectivity index (χ4n) is 1.69. The molecule has 2 atom stereocenters. The fourth-order valence-corrected chi connectivity index (χ4v) is 1.69. The van der Waals surface area contributed by atoms with Gasteiger partial charge in [0.15, 0.2) is 0 Å². The van der Waals surface area contributed by atoms with Crippen LogP contribution in [0, 0.1) is 0 Å². The Morgan fingerprint density at radius 3 is 2.07 bits per heavy atom. The summed E-state index contributed by atoms with van der Waals surface area (Å²) in [6.07, 6.45) is 1.23. The summed E-state index contributed by atoms with van der Waals surface area (Å²) in [4.78, 5) is 4.82. The van der Waals surface area contributed by atoms with E-state index in [2.05, 4.69) is 50.0 Å². The minimum Gasteiger partial charge on any atom is -0.316 e. The summed E-state index contributed by atoms with van der Waals surface area (Å²) in [5.74, 6) is 0. The van der Waals surface area contributed by atoms with E-state index in [9.17, 15) is 0 Å². The van der Waals surface area contributed by atoms with E-state index in [1.807, 2.05) is 7.05 Å². The van der Waals surface area contributed by atoms with Crippen molar-refractivity contribution in [3.8, 4) is 0 Å². The Morgan fingerprint density at radius 2 is 1.67 bits per heavy atom. The average molecular weight is 215 g/mol. The highest BCUT2D eigenvalue weighted by atomic mass is 15.2. The number of rotatable bonds is 8. The normalized spacial score (nSPS) is 16.0. The number of hydrogen-bond acceptors (Lipinski definition) is 3. The van der Waals surface area contributed by atoms with Crippen LogP contribution in [0.4, 0.5) is 0 Å². The van der Waals surface area contributed by atoms with Gasteiger partial charge in [0.1, 0.15) is 0 Å². The molecule has 0 aliphatic heterocycles. The Hall–Kier alpha value is -0.120. The highest BCUT2D eigenvalue weighted by molar-refractivity contribution is 4.76. The molecule has 3 nitrogen and oxygen atoms in total. The predicted octanol–water partition coefficient (Wildman–Crippen LogP) is 1.26. The molecule has 0 aromatic carbocycles. The van der Waals surface area contributed by atoms with Crippen molar-refractivity contribution in [1.29, 1.82) is 0 Å². The molecule has 0 aromatic rings. The summed E-state index contributed by atoms with van der Waals surface area (Å²) in [6, 6.07) is 1.16. The number of likely N-dealkylation sites (N-methyl/N-ethyl adjacent to an activating group) is 2. The Labute approximate surface area is 95.8 Å². The second-order valence-electron chi connectivity index (χ2n) is 4.66. The van der Waals surface area contributed by atoms with Crippen LogP contribution in [-0.2, 0) is 0 Å². The van der Waals surface area contributed by atoms with Gasteiger partial charge in [-0.3, -0.25) is 4.90 Å². The maximum atomic E-state index is 3.34. The molecule has 3 heteroatoms. The molecule has 1 N–H and O–H groups in total. The van der Waals surface area contributed by atoms with Gasteiger partial charge in [-0.05, 0) is 48.0 Å². The van der Waals surface area contributed by atoms with E-state index < -0.39 is 0 Å². The maximum Gasteiger partial charge on any atom is 0.0218 e. The summed E-state index contributed by atoms with van der Waals surface area (Å²) in [7, 11) is 6.31. The Kier molecular flexibility index (Phi) is 8.02. The highest BCUT2D eigenvalue weighted by Gasteiger charge is 2.17. The van der Waals surface area contributed by atoms with E-state index in [0.29, 0.717) is 12.1 Å². The van der Waals surface area contributed by atoms with Gasteiger partial charge >= 0.3 is 0 Å². The lowest BCUT2D eigenvalue weighted by molar-refractivity contribution is 0.163. The van der Waals surface area contributed by atoms with Crippen LogP contribution in [0.25, 0.3) is 0 Å². The Balaban J connectivity index is 4.11. The molecule has 92 valence electrons. The zero-order chi connectivity index (χ0) is 11.8. The van der Waals surface area contributed by atoms with Gasteiger partial charge in [-0.1, -0.05) is 6.92 Å². The summed E-state index contributed by atoms with van der Waals surface area (Å²) in [6.45, 7) is 10.3. The van der Waals surface area contributed by atoms with Crippen LogP contribution in [0.3, 0.4) is 0 Å². The van der Waals surface area contributed by atoms with E-state index in [0.717, 1.165) is 13.1 Å². The van der Waals surface area contributed by atoms with Crippen molar-refractivity contribution in [1.82, 2.24) is 15.1 Å². The number of nitrogens with zero attached hydrogens (tertiary/aromatic N) is 2. The van der Waals surface area contributed by atoms with E-state index in [-0.39, 0.29) is 0 Å². The van der Waals surface area contributed by atoms with Crippen molar-refractivity contribution in [3.63, 3.8) is 0 Å². The molecule has 2 unspecified atom stereocenters. The second-order valence-corrected chi connectivity index (χ2v) is 4.66. The molecule has 0 spiro atoms. The molecule has 15 heavy (non-hydrogen) atoms. The standard InChI is InChI=1S/C12H29N3/c1-7-8-15(10-9-14(5)6)12(3)11(2)13-4/h11-13H,7-10H2,1-6H3. The minimum absolute atomic E-state index is 0.554. The van der Waals surface area contributed by atoms with Crippen molar-refractivity contribution >= 4 is 0 Å². The van der Waals surface area contributed by atoms with Crippen LogP contribution < -0.4 is 5.32 Å². The fraction of sp³-hybridized carbons (Fsp3) is 1.00. The van der Waals surface area contributed by atoms with Crippen LogP contribution in [0.5, 0.6) is 0 Å². The molecule has 0 amide bonds. The number of hydrogen-bond donors (Lipinski definition) is 1. The lowest BCUT2D eigenvalue weighted by atomic mass is 10.1. The molecule has 0 aliphatic rings. The number of nitrogens with one attached hydrogen (secondary N) is 1. The molecule has 0 bridgehead atoms. The molecule has 0 heterocycles. The van der Waals surface area contributed by atoms with Crippen molar-refractivity contribution < 1.29 is 0 Å². The zero-order valence-corrected chi connectivity index (χ0v) is 11.4. The van der Waals surface area contributed by atoms with E-state index in [1.165, 1.54) is 13.0 Å². The molecule has 0 fully saturated rings. The Bertz CT molecular complexity index is 148. The van der Waals surface area contributed by atoms with E-state index in [4.69, 9.17) is 0 Å². The lowest BCUT2D eigenvalue weighted by Gasteiger charge is -2.33. The van der Waals surface area contributed by atoms with Gasteiger partial charge < -0.3 is 10.2 Å². The highest BCUT2D eigenvalue weighted by Crippen LogP contribution is 2.05. The van der Waals surface area contributed by atoms with Crippen molar-refractivity contribution in [2.75, 3.05) is 40.8 Å². The molecule has 0 radical (unpaired) electrons. The Morgan fingerprint density at radius 1 is 1.07 bits per heavy atom. The first-order chi connectivity index (χ1) is 7.02. The third-order valence-corrected chi connectivity index (χ3v) is 3.10. The van der Waals surface area contributed by atoms with Crippen LogP contribution in [-0.4, -0.2) is 62.7 Å². The molecular formula is C12H29N3. The van der Waals surface area contributed by atoms with Crippen LogP contribution in [0.2, 0.25) is 0 Å². The first-order valence-corrected chi connectivity index (χ1v) is 6.09. The predicted molar refractivity (Wildman–Crippen MR) is 68.4 cm³/mol. The van der Waals surface area contributed by atoms with Crippen molar-refractivity contribution in [2.45, 2.75) is 39.3 Å². The third-order valence-electron chi connectivity index (χ3n) is 3.10. The monoisotopic (exact) mass is 215 g/mol. The van der Waals surface area contributed by atoms with Gasteiger partial charge in [-0.25, -0.2) is 0 Å². The van der Waals surface area contributed by atoms with Crippen molar-refractivity contribution in [2.24, 2.45) is 0 Å². The van der Waals surface area contributed by atoms with Crippen LogP contribution in [0.1, 0.15) is 27.2 Å². The summed E-state index contributed by atoms with van der Waals surface area (Å²) >= 11 is 0. The van der Waals surface area contributed by atoms with Crippen molar-refractivity contribution in [3.05, 3.63) is 0 Å². The average Bonchev–Trinajstić information content (AvgIpc) is 2.21. The lowest BCUT2D eigenvalue weighted by Crippen LogP contribution is -2.48. The zero-order valence-electron chi connectivity index (χ0n) is 11.4. The van der Waals surface area contributed by atoms with E-state index in [1.54, 1.807) is 0 Å². The van der Waals surface area contributed by atoms with Gasteiger partial charge in [0.2, 0.25) is 0 Å². The van der Waals surface area contributed by atoms with Crippen LogP contribution >= 0.6 is 0 Å². The molecule has 0 aromatic heterocycles. The summed E-state index contributed by atoms with van der Waals surface area (Å²) < 4.78 is 0. The first kappa shape index (κ1) is 14.9. The van der Waals surface area contributed by atoms with E-state index >= 15 is 0 Å². The first-order valence-electron chi connectivity index (χ1n) is 6.09. The van der Waals surface area contributed by atoms with Gasteiger partial charge in [-0.2, -0.15) is 0 Å². The summed E-state index contributed by atoms with van der Waals surface area (Å²) in [5.41, 5.74) is 0. The minimum atomic E-state index is 0.554. The largest absolute Gasteiger partial charge is 0.316 e. The SMILES string of the molecule is CCCN(CCN(C)C)C(C)C(C)NC. The maximum absolute atomic E-state index is 3.34. The topological polar surface area (TPSA) is 18.5 Å². The van der Waals surface area contributed by atoms with Gasteiger partial charge in [0, 0.05) is 25.2 Å². The van der Waals surface area contributed by atoms with Crippen LogP contribution in [0.15, 0.2) is 0 Å². The molecule has 0 rings (SSSR count). The molecule has 0 aliphatic carbocycles. The third kappa shape index (κ3) is 6.13. The van der Waals surface area contributed by atoms with Gasteiger partial charge in [-0.15, -0.1) is 0 Å². The molecule has 0 saturated carbocycles. The quantitative estimate of drug-likeness (QED) is 0.657.